The first-order valence-electron chi connectivity index (χ1n) is 48.5. The lowest BCUT2D eigenvalue weighted by Gasteiger charge is -2.21. The molecule has 0 aliphatic heterocycles. The largest absolute Gasteiger partial charge is 0.472 e. The van der Waals surface area contributed by atoms with Crippen LogP contribution in [0, 0.1) is 11.8 Å². The summed E-state index contributed by atoms with van der Waals surface area (Å²) < 4.78 is 69.2. The maximum Gasteiger partial charge on any atom is 0.472 e. The summed E-state index contributed by atoms with van der Waals surface area (Å²) >= 11 is 0. The molecule has 0 aromatic carbocycles. The zero-order valence-electron chi connectivity index (χ0n) is 74.7. The molecule has 0 heterocycles. The summed E-state index contributed by atoms with van der Waals surface area (Å²) in [6, 6.07) is 0. The number of rotatable bonds is 93. The SMILES string of the molecule is CCCCCCCCCCCCCCCCCCCCCCCCC(=O)O[C@H](COC(=O)CCCCCCCCCCCCCCCCCCC(C)C)COP(=O)(O)OC[C@@H](O)COP(=O)(O)OC[C@@H](COC(=O)CCCCCCCCCCCCCCC)OC(=O)CCCCCCCCCCCCCCCCCCC(C)C. The van der Waals surface area contributed by atoms with E-state index >= 15 is 0 Å². The van der Waals surface area contributed by atoms with Crippen LogP contribution in [0.25, 0.3) is 0 Å². The number of carbonyl (C=O) groups excluding carboxylic acids is 4. The standard InChI is InChI=1S/C94H184O17P2/c1-7-9-11-13-15-17-19-21-22-23-24-25-26-27-28-36-42-48-54-60-66-72-78-93(98)111-90(83-105-92(97)77-71-65-59-53-47-41-35-31-29-33-39-44-50-56-62-68-74-86(3)4)85-109-113(102,103)107-81-88(95)80-106-112(100,101)108-84-89(82-104-91(96)76-70-64-58-52-46-38-20-18-16-14-12-10-8-2)110-94(99)79-73-67-61-55-49-43-37-32-30-34-40-45-51-57-63-69-75-87(5)6/h86-90,95H,7-85H2,1-6H3,(H,100,101)(H,102,103)/t88-,89+,90+/m0/s1. The molecule has 19 heteroatoms. The smallest absolute Gasteiger partial charge is 0.462 e. The average Bonchev–Trinajstić information content (AvgIpc) is 0.899. The number of unbranched alkanes of at least 4 members (excludes halogenated alkanes) is 63. The van der Waals surface area contributed by atoms with E-state index in [0.717, 1.165) is 102 Å². The second-order valence-electron chi connectivity index (χ2n) is 34.7. The summed E-state index contributed by atoms with van der Waals surface area (Å²) in [5.74, 6) is -0.469. The van der Waals surface area contributed by atoms with Gasteiger partial charge in [-0.05, 0) is 37.5 Å². The zero-order valence-corrected chi connectivity index (χ0v) is 76.5. The summed E-state index contributed by atoms with van der Waals surface area (Å²) in [6.07, 6.45) is 80.6. The minimum Gasteiger partial charge on any atom is -0.462 e. The number of carbonyl (C=O) groups is 4. The molecule has 0 bridgehead atoms. The molecule has 0 radical (unpaired) electrons. The number of phosphoric acid groups is 2. The van der Waals surface area contributed by atoms with Crippen LogP contribution in [0.5, 0.6) is 0 Å². The molecule has 2 unspecified atom stereocenters. The van der Waals surface area contributed by atoms with Crippen molar-refractivity contribution in [1.82, 2.24) is 0 Å². The van der Waals surface area contributed by atoms with Crippen molar-refractivity contribution in [2.24, 2.45) is 11.8 Å². The quantitative estimate of drug-likeness (QED) is 0.0222. The lowest BCUT2D eigenvalue weighted by Crippen LogP contribution is -2.30. The van der Waals surface area contributed by atoms with Gasteiger partial charge < -0.3 is 33.8 Å². The molecule has 3 N–H and O–H groups in total. The zero-order chi connectivity index (χ0) is 82.7. The molecular weight excluding hydrogens is 1460 g/mol. The summed E-state index contributed by atoms with van der Waals surface area (Å²) in [4.78, 5) is 73.5. The predicted octanol–water partition coefficient (Wildman–Crippen LogP) is 29.4. The Labute approximate surface area is 696 Å². The fourth-order valence-corrected chi connectivity index (χ4v) is 16.4. The minimum atomic E-state index is -4.97. The summed E-state index contributed by atoms with van der Waals surface area (Å²) in [5, 5.41) is 10.7. The molecule has 0 saturated heterocycles. The highest BCUT2D eigenvalue weighted by Gasteiger charge is 2.31. The van der Waals surface area contributed by atoms with Crippen LogP contribution in [-0.2, 0) is 65.4 Å². The van der Waals surface area contributed by atoms with Crippen molar-refractivity contribution < 1.29 is 80.2 Å². The first-order chi connectivity index (χ1) is 54.9. The molecule has 0 amide bonds. The van der Waals surface area contributed by atoms with Gasteiger partial charge in [-0.1, -0.05) is 459 Å². The van der Waals surface area contributed by atoms with Gasteiger partial charge in [0.25, 0.3) is 0 Å². The van der Waals surface area contributed by atoms with Crippen molar-refractivity contribution in [2.75, 3.05) is 39.6 Å². The predicted molar refractivity (Wildman–Crippen MR) is 469 cm³/mol. The van der Waals surface area contributed by atoms with E-state index in [0.29, 0.717) is 25.7 Å². The van der Waals surface area contributed by atoms with Crippen LogP contribution in [0.3, 0.4) is 0 Å². The maximum absolute atomic E-state index is 13.2. The van der Waals surface area contributed by atoms with E-state index in [-0.39, 0.29) is 25.7 Å². The summed E-state index contributed by atoms with van der Waals surface area (Å²) in [6.45, 7) is 9.79. The van der Waals surface area contributed by atoms with Crippen LogP contribution in [0.4, 0.5) is 0 Å². The molecule has 0 saturated carbocycles. The Hall–Kier alpha value is -1.94. The van der Waals surface area contributed by atoms with Crippen LogP contribution in [0.15, 0.2) is 0 Å². The number of ether oxygens (including phenoxy) is 4. The molecular formula is C94H184O17P2. The fourth-order valence-electron chi connectivity index (χ4n) is 14.8. The van der Waals surface area contributed by atoms with Crippen LogP contribution < -0.4 is 0 Å². The van der Waals surface area contributed by atoms with Gasteiger partial charge in [0.1, 0.15) is 19.3 Å². The lowest BCUT2D eigenvalue weighted by molar-refractivity contribution is -0.161. The Morgan fingerprint density at radius 3 is 0.602 bits per heavy atom. The Bertz CT molecular complexity index is 2150. The van der Waals surface area contributed by atoms with Crippen molar-refractivity contribution >= 4 is 39.5 Å². The molecule has 5 atom stereocenters. The van der Waals surface area contributed by atoms with Gasteiger partial charge in [0, 0.05) is 25.7 Å². The third kappa shape index (κ3) is 87.7. The van der Waals surface area contributed by atoms with Crippen molar-refractivity contribution in [3.63, 3.8) is 0 Å². The van der Waals surface area contributed by atoms with Crippen molar-refractivity contribution in [1.29, 1.82) is 0 Å². The average molecular weight is 1650 g/mol. The van der Waals surface area contributed by atoms with Gasteiger partial charge >= 0.3 is 39.5 Å². The van der Waals surface area contributed by atoms with E-state index in [1.807, 2.05) is 0 Å². The highest BCUT2D eigenvalue weighted by Crippen LogP contribution is 2.45. The fraction of sp³-hybridized carbons (Fsp3) is 0.957. The number of esters is 4. The van der Waals surface area contributed by atoms with E-state index in [1.165, 1.54) is 327 Å². The second kappa shape index (κ2) is 85.1. The Morgan fingerprint density at radius 1 is 0.239 bits per heavy atom. The van der Waals surface area contributed by atoms with Crippen LogP contribution >= 0.6 is 15.6 Å². The summed E-state index contributed by atoms with van der Waals surface area (Å²) in [5.41, 5.74) is 0. The second-order valence-corrected chi connectivity index (χ2v) is 37.6. The normalized spacial score (nSPS) is 13.7. The van der Waals surface area contributed by atoms with Crippen molar-refractivity contribution in [2.45, 2.75) is 529 Å². The van der Waals surface area contributed by atoms with E-state index < -0.39 is 97.5 Å². The van der Waals surface area contributed by atoms with Crippen molar-refractivity contribution in [3.8, 4) is 0 Å². The number of phosphoric ester groups is 2. The number of hydrogen-bond donors (Lipinski definition) is 3. The van der Waals surface area contributed by atoms with Gasteiger partial charge in [0.15, 0.2) is 12.2 Å². The minimum absolute atomic E-state index is 0.109. The van der Waals surface area contributed by atoms with E-state index in [4.69, 9.17) is 37.0 Å². The molecule has 0 aliphatic rings. The third-order valence-electron chi connectivity index (χ3n) is 22.2. The first-order valence-corrected chi connectivity index (χ1v) is 51.5. The molecule has 0 aromatic heterocycles. The highest BCUT2D eigenvalue weighted by atomic mass is 31.2. The number of hydrogen-bond acceptors (Lipinski definition) is 15. The van der Waals surface area contributed by atoms with Crippen molar-refractivity contribution in [3.05, 3.63) is 0 Å². The van der Waals surface area contributed by atoms with E-state index in [1.54, 1.807) is 0 Å². The Kier molecular flexibility index (Phi) is 83.6. The molecule has 0 aromatic rings. The molecule has 113 heavy (non-hydrogen) atoms. The number of aliphatic hydroxyl groups excluding tert-OH is 1. The molecule has 17 nitrogen and oxygen atoms in total. The topological polar surface area (TPSA) is 237 Å². The molecule has 0 spiro atoms. The molecule has 0 rings (SSSR count). The lowest BCUT2D eigenvalue weighted by atomic mass is 10.0. The molecule has 672 valence electrons. The number of aliphatic hydroxyl groups is 1. The molecule has 0 fully saturated rings. The maximum atomic E-state index is 13.2. The van der Waals surface area contributed by atoms with Gasteiger partial charge in [0.2, 0.25) is 0 Å². The van der Waals surface area contributed by atoms with Gasteiger partial charge in [-0.2, -0.15) is 0 Å². The molecule has 0 aliphatic carbocycles. The van der Waals surface area contributed by atoms with E-state index in [2.05, 4.69) is 41.5 Å². The third-order valence-corrected chi connectivity index (χ3v) is 24.1. The Balaban J connectivity index is 5.25. The highest BCUT2D eigenvalue weighted by molar-refractivity contribution is 7.47. The van der Waals surface area contributed by atoms with Gasteiger partial charge in [-0.3, -0.25) is 37.3 Å². The summed E-state index contributed by atoms with van der Waals surface area (Å²) in [7, 11) is -9.94. The van der Waals surface area contributed by atoms with Gasteiger partial charge in [-0.15, -0.1) is 0 Å². The van der Waals surface area contributed by atoms with Crippen LogP contribution in [-0.4, -0.2) is 96.7 Å². The van der Waals surface area contributed by atoms with Gasteiger partial charge in [-0.25, -0.2) is 9.13 Å². The van der Waals surface area contributed by atoms with E-state index in [9.17, 15) is 43.2 Å². The first kappa shape index (κ1) is 111. The Morgan fingerprint density at radius 2 is 0.407 bits per heavy atom. The monoisotopic (exact) mass is 1650 g/mol. The van der Waals surface area contributed by atoms with Crippen LogP contribution in [0.1, 0.15) is 510 Å². The van der Waals surface area contributed by atoms with Crippen LogP contribution in [0.2, 0.25) is 0 Å². The van der Waals surface area contributed by atoms with Gasteiger partial charge in [0.05, 0.1) is 26.4 Å².